The molecule has 0 aliphatic carbocycles. The van der Waals surface area contributed by atoms with Crippen LogP contribution in [0.5, 0.6) is 5.75 Å². The Balaban J connectivity index is 1.42. The Morgan fingerprint density at radius 1 is 0.923 bits per heavy atom. The number of nitrogens with one attached hydrogen (secondary N) is 1. The number of halogens is 1. The highest BCUT2D eigenvalue weighted by atomic mass is 35.5. The molecule has 2 heterocycles. The van der Waals surface area contributed by atoms with Crippen LogP contribution in [0.2, 0.25) is 5.02 Å². The molecule has 0 spiro atoms. The van der Waals surface area contributed by atoms with E-state index in [0.717, 1.165) is 57.6 Å². The maximum absolute atomic E-state index is 14.2. The van der Waals surface area contributed by atoms with E-state index in [1.165, 1.54) is 0 Å². The number of benzene rings is 4. The van der Waals surface area contributed by atoms with Crippen molar-refractivity contribution in [2.24, 2.45) is 5.41 Å². The zero-order chi connectivity index (χ0) is 37.0. The van der Waals surface area contributed by atoms with Crippen LogP contribution in [-0.2, 0) is 22.5 Å². The van der Waals surface area contributed by atoms with Crippen LogP contribution < -0.4 is 10.1 Å². The van der Waals surface area contributed by atoms with Crippen LogP contribution in [0, 0.1) is 5.41 Å². The first-order valence-electron chi connectivity index (χ1n) is 18.2. The maximum Gasteiger partial charge on any atom is 0.311 e. The number of ketones is 1. The van der Waals surface area contributed by atoms with Gasteiger partial charge in [-0.1, -0.05) is 99.1 Å². The molecule has 1 aliphatic rings. The van der Waals surface area contributed by atoms with Gasteiger partial charge in [-0.3, -0.25) is 9.59 Å². The minimum absolute atomic E-state index is 0.0411. The molecule has 1 fully saturated rings. The molecule has 1 saturated heterocycles. The number of hydrogen-bond donors (Lipinski definition) is 1. The number of fused-ring (bicyclic) bond motifs is 1. The highest BCUT2D eigenvalue weighted by Crippen LogP contribution is 2.44. The summed E-state index contributed by atoms with van der Waals surface area (Å²) >= 11 is 8.05. The summed E-state index contributed by atoms with van der Waals surface area (Å²) in [5, 5.41) is 5.24. The molecule has 0 bridgehead atoms. The van der Waals surface area contributed by atoms with Gasteiger partial charge in [0, 0.05) is 49.8 Å². The van der Waals surface area contributed by atoms with Gasteiger partial charge in [-0.2, -0.15) is 0 Å². The number of carbonyl (C=O) groups excluding carboxylic acids is 2. The summed E-state index contributed by atoms with van der Waals surface area (Å²) in [7, 11) is 0. The van der Waals surface area contributed by atoms with Crippen LogP contribution in [0.1, 0.15) is 76.0 Å². The Hall–Kier alpha value is -4.04. The zero-order valence-electron chi connectivity index (χ0n) is 31.0. The molecule has 52 heavy (non-hydrogen) atoms. The Labute approximate surface area is 317 Å². The second kappa shape index (κ2) is 15.9. The molecule has 4 aromatic carbocycles. The van der Waals surface area contributed by atoms with Gasteiger partial charge in [0.05, 0.1) is 18.1 Å². The average molecular weight is 737 g/mol. The smallest absolute Gasteiger partial charge is 0.311 e. The highest BCUT2D eigenvalue weighted by molar-refractivity contribution is 8.00. The first kappa shape index (κ1) is 37.7. The highest BCUT2D eigenvalue weighted by Gasteiger charge is 2.36. The number of carbonyl (C=O) groups is 2. The topological polar surface area (TPSA) is 69.6 Å². The van der Waals surface area contributed by atoms with E-state index in [0.29, 0.717) is 35.9 Å². The van der Waals surface area contributed by atoms with Gasteiger partial charge in [0.1, 0.15) is 5.75 Å². The molecular formula is C44H49ClN2O4S. The van der Waals surface area contributed by atoms with Crippen LogP contribution in [0.25, 0.3) is 22.0 Å². The lowest BCUT2D eigenvalue weighted by molar-refractivity contribution is -0.153. The Kier molecular flexibility index (Phi) is 11.5. The first-order chi connectivity index (χ1) is 24.8. The first-order valence-corrected chi connectivity index (χ1v) is 19.4. The quantitative estimate of drug-likeness (QED) is 0.0737. The molecule has 8 heteroatoms. The minimum Gasteiger partial charge on any atom is -0.481 e. The summed E-state index contributed by atoms with van der Waals surface area (Å²) < 4.78 is 14.5. The molecule has 0 amide bonds. The van der Waals surface area contributed by atoms with Gasteiger partial charge < -0.3 is 19.4 Å². The lowest BCUT2D eigenvalue weighted by Crippen LogP contribution is -2.44. The normalized spacial score (nSPS) is 15.5. The summed E-state index contributed by atoms with van der Waals surface area (Å²) in [5.74, 6) is 0.368. The molecule has 0 radical (unpaired) electrons. The molecule has 1 N–H and O–H groups in total. The third-order valence-electron chi connectivity index (χ3n) is 9.45. The Morgan fingerprint density at radius 2 is 1.62 bits per heavy atom. The molecule has 1 aliphatic heterocycles. The summed E-state index contributed by atoms with van der Waals surface area (Å²) in [6.07, 6.45) is 1.63. The van der Waals surface area contributed by atoms with E-state index in [4.69, 9.17) is 21.1 Å². The van der Waals surface area contributed by atoms with E-state index in [9.17, 15) is 9.59 Å². The zero-order valence-corrected chi connectivity index (χ0v) is 32.6. The summed E-state index contributed by atoms with van der Waals surface area (Å²) in [6, 6.07) is 31.9. The van der Waals surface area contributed by atoms with E-state index in [1.807, 2.05) is 93.6 Å². The lowest BCUT2D eigenvalue weighted by Gasteiger charge is -2.26. The number of hydrogen-bond acceptors (Lipinski definition) is 6. The van der Waals surface area contributed by atoms with Crippen molar-refractivity contribution in [3.63, 3.8) is 0 Å². The molecule has 5 aromatic rings. The summed E-state index contributed by atoms with van der Waals surface area (Å²) in [4.78, 5) is 28.6. The number of thioether (sulfide) groups is 1. The third-order valence-corrected chi connectivity index (χ3v) is 11.0. The predicted molar refractivity (Wildman–Crippen MR) is 214 cm³/mol. The predicted octanol–water partition coefficient (Wildman–Crippen LogP) is 10.4. The van der Waals surface area contributed by atoms with Crippen molar-refractivity contribution in [3.05, 3.63) is 119 Å². The van der Waals surface area contributed by atoms with E-state index in [-0.39, 0.29) is 22.5 Å². The third kappa shape index (κ3) is 8.76. The van der Waals surface area contributed by atoms with E-state index < -0.39 is 11.5 Å². The summed E-state index contributed by atoms with van der Waals surface area (Å²) in [5.41, 5.74) is 5.22. The van der Waals surface area contributed by atoms with Crippen molar-refractivity contribution in [3.8, 4) is 16.9 Å². The van der Waals surface area contributed by atoms with Gasteiger partial charge in [-0.25, -0.2) is 0 Å². The number of esters is 1. The van der Waals surface area contributed by atoms with Crippen LogP contribution in [0.15, 0.2) is 102 Å². The molecule has 2 atom stereocenters. The molecule has 0 saturated carbocycles. The van der Waals surface area contributed by atoms with Gasteiger partial charge in [-0.15, -0.1) is 11.8 Å². The van der Waals surface area contributed by atoms with Crippen LogP contribution in [-0.4, -0.2) is 46.4 Å². The van der Waals surface area contributed by atoms with E-state index >= 15 is 0 Å². The molecule has 272 valence electrons. The standard InChI is InChI=1S/C44H49ClN2O4S/c1-7-50-42(49)44(5,6)27-38-41(52-43(2,3)4)35-26-34(23-24-37(35)47(38)28-29-15-21-33(45)22-16-29)51-40(36-14-11-25-46-36)39(48)32-19-17-31(18-20-32)30-12-9-8-10-13-30/h8-10,12-13,15-24,26,36,40,46H,7,11,14,25,27-28H2,1-6H3. The minimum atomic E-state index is -0.767. The van der Waals surface area contributed by atoms with Crippen LogP contribution in [0.4, 0.5) is 0 Å². The van der Waals surface area contributed by atoms with E-state index in [1.54, 1.807) is 11.8 Å². The fourth-order valence-corrected chi connectivity index (χ4v) is 8.16. The molecule has 1 aromatic heterocycles. The molecular weight excluding hydrogens is 688 g/mol. The van der Waals surface area contributed by atoms with Gasteiger partial charge in [-0.05, 0) is 87.2 Å². The van der Waals surface area contributed by atoms with E-state index in [2.05, 4.69) is 54.9 Å². The molecule has 6 rings (SSSR count). The van der Waals surface area contributed by atoms with Crippen molar-refractivity contribution in [2.75, 3.05) is 13.2 Å². The van der Waals surface area contributed by atoms with Gasteiger partial charge in [0.2, 0.25) is 5.78 Å². The Morgan fingerprint density at radius 3 is 2.25 bits per heavy atom. The fourth-order valence-electron chi connectivity index (χ4n) is 6.85. The largest absolute Gasteiger partial charge is 0.481 e. The number of nitrogens with zero attached hydrogens (tertiary/aromatic N) is 1. The van der Waals surface area contributed by atoms with Crippen molar-refractivity contribution < 1.29 is 19.1 Å². The second-order valence-electron chi connectivity index (χ2n) is 15.2. The van der Waals surface area contributed by atoms with Crippen molar-refractivity contribution in [1.82, 2.24) is 9.88 Å². The number of Topliss-reactive ketones (excluding diaryl/α,β-unsaturated/α-hetero) is 1. The summed E-state index contributed by atoms with van der Waals surface area (Å²) in [6.45, 7) is 14.1. The number of aromatic nitrogens is 1. The van der Waals surface area contributed by atoms with Crippen molar-refractivity contribution in [1.29, 1.82) is 0 Å². The monoisotopic (exact) mass is 736 g/mol. The van der Waals surface area contributed by atoms with Gasteiger partial charge in [0.25, 0.3) is 0 Å². The number of rotatable bonds is 13. The van der Waals surface area contributed by atoms with Crippen molar-refractivity contribution >= 4 is 46.0 Å². The van der Waals surface area contributed by atoms with Gasteiger partial charge >= 0.3 is 5.97 Å². The second-order valence-corrected chi connectivity index (χ2v) is 17.5. The Bertz CT molecular complexity index is 2010. The van der Waals surface area contributed by atoms with Crippen molar-refractivity contribution in [2.45, 2.75) is 89.1 Å². The maximum atomic E-state index is 14.2. The van der Waals surface area contributed by atoms with Crippen LogP contribution >= 0.6 is 23.4 Å². The van der Waals surface area contributed by atoms with Crippen LogP contribution in [0.3, 0.4) is 0 Å². The number of ether oxygens (including phenoxy) is 2. The lowest BCUT2D eigenvalue weighted by atomic mass is 9.87. The fraction of sp³-hybridized carbons (Fsp3) is 0.364. The van der Waals surface area contributed by atoms with Gasteiger partial charge in [0.15, 0.2) is 6.10 Å². The molecule has 2 unspecified atom stereocenters. The SMILES string of the molecule is CCOC(=O)C(C)(C)Cc1c(SC(C)(C)C)c2cc(OC(C(=O)c3ccc(-c4ccccc4)cc3)C3CCCN3)ccc2n1Cc1ccc(Cl)cc1. The average Bonchev–Trinajstić information content (AvgIpc) is 3.75. The molecule has 6 nitrogen and oxygen atoms in total.